The first-order chi connectivity index (χ1) is 9.70. The Balaban J connectivity index is 1.65. The van der Waals surface area contributed by atoms with Gasteiger partial charge in [-0.25, -0.2) is 9.78 Å². The highest BCUT2D eigenvalue weighted by Gasteiger charge is 2.22. The summed E-state index contributed by atoms with van der Waals surface area (Å²) >= 11 is 0. The van der Waals surface area contributed by atoms with Gasteiger partial charge in [0.15, 0.2) is 0 Å². The Hall–Kier alpha value is -1.56. The largest absolute Gasteiger partial charge is 0.450 e. The molecule has 1 aromatic rings. The predicted molar refractivity (Wildman–Crippen MR) is 76.6 cm³/mol. The molecule has 1 aliphatic rings. The predicted octanol–water partition coefficient (Wildman–Crippen LogP) is 1.40. The molecule has 1 aliphatic heterocycles. The van der Waals surface area contributed by atoms with Crippen LogP contribution in [0, 0.1) is 6.92 Å². The van der Waals surface area contributed by atoms with Crippen molar-refractivity contribution >= 4 is 6.09 Å². The number of carbonyl (C=O) groups is 1. The molecular formula is C14H24N4O2. The minimum atomic E-state index is -0.181. The summed E-state index contributed by atoms with van der Waals surface area (Å²) in [6.45, 7) is 7.72. The summed E-state index contributed by atoms with van der Waals surface area (Å²) in [5.74, 6) is 1.05. The van der Waals surface area contributed by atoms with E-state index in [1.807, 2.05) is 26.2 Å². The number of carbonyl (C=O) groups excluding carboxylic acids is 1. The molecule has 1 N–H and O–H groups in total. The number of amides is 1. The first-order valence-electron chi connectivity index (χ1n) is 7.33. The molecule has 1 saturated heterocycles. The second-order valence-electron chi connectivity index (χ2n) is 5.08. The number of hydrogen-bond donors (Lipinski definition) is 1. The van der Waals surface area contributed by atoms with Crippen LogP contribution in [0.3, 0.4) is 0 Å². The van der Waals surface area contributed by atoms with Gasteiger partial charge in [0, 0.05) is 44.6 Å². The summed E-state index contributed by atoms with van der Waals surface area (Å²) in [5, 5.41) is 3.55. The van der Waals surface area contributed by atoms with Gasteiger partial charge in [0.2, 0.25) is 0 Å². The van der Waals surface area contributed by atoms with Crippen LogP contribution in [0.5, 0.6) is 0 Å². The number of imidazole rings is 1. The molecule has 1 aromatic heterocycles. The molecule has 20 heavy (non-hydrogen) atoms. The van der Waals surface area contributed by atoms with Gasteiger partial charge in [-0.3, -0.25) is 0 Å². The van der Waals surface area contributed by atoms with Gasteiger partial charge < -0.3 is 19.5 Å². The van der Waals surface area contributed by atoms with Crippen molar-refractivity contribution in [3.05, 3.63) is 18.2 Å². The fraction of sp³-hybridized carbons (Fsp3) is 0.714. The van der Waals surface area contributed by atoms with Crippen molar-refractivity contribution < 1.29 is 9.53 Å². The van der Waals surface area contributed by atoms with E-state index in [0.717, 1.165) is 44.8 Å². The van der Waals surface area contributed by atoms with E-state index in [9.17, 15) is 4.79 Å². The van der Waals surface area contributed by atoms with Crippen molar-refractivity contribution in [1.29, 1.82) is 0 Å². The Morgan fingerprint density at radius 3 is 2.85 bits per heavy atom. The minimum Gasteiger partial charge on any atom is -0.450 e. The molecule has 0 spiro atoms. The van der Waals surface area contributed by atoms with Gasteiger partial charge in [-0.2, -0.15) is 0 Å². The van der Waals surface area contributed by atoms with E-state index in [0.29, 0.717) is 12.6 Å². The zero-order valence-electron chi connectivity index (χ0n) is 12.3. The van der Waals surface area contributed by atoms with Crippen molar-refractivity contribution in [2.75, 3.05) is 26.2 Å². The normalized spacial score (nSPS) is 16.4. The molecule has 2 rings (SSSR count). The van der Waals surface area contributed by atoms with E-state index in [1.165, 1.54) is 0 Å². The second kappa shape index (κ2) is 7.28. The number of likely N-dealkylation sites (tertiary alicyclic amines) is 1. The third-order valence-electron chi connectivity index (χ3n) is 3.73. The van der Waals surface area contributed by atoms with Crippen molar-refractivity contribution in [2.24, 2.45) is 0 Å². The highest BCUT2D eigenvalue weighted by Crippen LogP contribution is 2.11. The number of hydrogen-bond acceptors (Lipinski definition) is 4. The Bertz CT molecular complexity index is 425. The van der Waals surface area contributed by atoms with Crippen molar-refractivity contribution in [1.82, 2.24) is 19.8 Å². The van der Waals surface area contributed by atoms with E-state index in [2.05, 4.69) is 14.9 Å². The van der Waals surface area contributed by atoms with Gasteiger partial charge in [-0.1, -0.05) is 0 Å². The lowest BCUT2D eigenvalue weighted by Gasteiger charge is -2.31. The number of ether oxygens (including phenoxy) is 1. The van der Waals surface area contributed by atoms with Crippen LogP contribution in [-0.4, -0.2) is 52.8 Å². The maximum Gasteiger partial charge on any atom is 0.409 e. The zero-order chi connectivity index (χ0) is 14.4. The van der Waals surface area contributed by atoms with E-state index < -0.39 is 0 Å². The van der Waals surface area contributed by atoms with Crippen LogP contribution in [-0.2, 0) is 11.3 Å². The summed E-state index contributed by atoms with van der Waals surface area (Å²) in [6, 6.07) is 0.490. The Kier molecular flexibility index (Phi) is 5.40. The first kappa shape index (κ1) is 14.8. The zero-order valence-corrected chi connectivity index (χ0v) is 12.3. The van der Waals surface area contributed by atoms with Crippen LogP contribution in [0.2, 0.25) is 0 Å². The lowest BCUT2D eigenvalue weighted by molar-refractivity contribution is 0.0951. The summed E-state index contributed by atoms with van der Waals surface area (Å²) in [5.41, 5.74) is 0. The molecule has 6 heteroatoms. The van der Waals surface area contributed by atoms with Gasteiger partial charge in [0.25, 0.3) is 0 Å². The van der Waals surface area contributed by atoms with Crippen LogP contribution in [0.25, 0.3) is 0 Å². The quantitative estimate of drug-likeness (QED) is 0.886. The van der Waals surface area contributed by atoms with E-state index in [-0.39, 0.29) is 6.09 Å². The van der Waals surface area contributed by atoms with Crippen LogP contribution in [0.1, 0.15) is 25.6 Å². The van der Waals surface area contributed by atoms with Crippen LogP contribution in [0.15, 0.2) is 12.4 Å². The molecule has 0 atom stereocenters. The third kappa shape index (κ3) is 3.96. The molecule has 0 aliphatic carbocycles. The average Bonchev–Trinajstić information content (AvgIpc) is 2.85. The smallest absolute Gasteiger partial charge is 0.409 e. The van der Waals surface area contributed by atoms with Crippen LogP contribution < -0.4 is 5.32 Å². The lowest BCUT2D eigenvalue weighted by atomic mass is 10.1. The van der Waals surface area contributed by atoms with Crippen LogP contribution >= 0.6 is 0 Å². The SMILES string of the molecule is CCOC(=O)N1CCC(NCCn2ccnc2C)CC1. The number of piperidine rings is 1. The van der Waals surface area contributed by atoms with E-state index in [1.54, 1.807) is 4.90 Å². The van der Waals surface area contributed by atoms with Gasteiger partial charge in [0.1, 0.15) is 5.82 Å². The molecule has 0 saturated carbocycles. The molecule has 0 unspecified atom stereocenters. The Labute approximate surface area is 120 Å². The Morgan fingerprint density at radius 1 is 1.50 bits per heavy atom. The molecule has 2 heterocycles. The molecule has 6 nitrogen and oxygen atoms in total. The topological polar surface area (TPSA) is 59.4 Å². The maximum atomic E-state index is 11.6. The second-order valence-corrected chi connectivity index (χ2v) is 5.08. The van der Waals surface area contributed by atoms with Crippen molar-refractivity contribution in [3.8, 4) is 0 Å². The highest BCUT2D eigenvalue weighted by molar-refractivity contribution is 5.67. The summed E-state index contributed by atoms with van der Waals surface area (Å²) in [6.07, 6.45) is 5.62. The lowest BCUT2D eigenvalue weighted by Crippen LogP contribution is -2.45. The van der Waals surface area contributed by atoms with Crippen molar-refractivity contribution in [3.63, 3.8) is 0 Å². The molecule has 1 amide bonds. The van der Waals surface area contributed by atoms with Gasteiger partial charge in [-0.05, 0) is 26.7 Å². The molecular weight excluding hydrogens is 256 g/mol. The molecule has 112 valence electrons. The maximum absolute atomic E-state index is 11.6. The van der Waals surface area contributed by atoms with E-state index in [4.69, 9.17) is 4.74 Å². The van der Waals surface area contributed by atoms with E-state index >= 15 is 0 Å². The fourth-order valence-electron chi connectivity index (χ4n) is 2.51. The molecule has 1 fully saturated rings. The number of nitrogens with one attached hydrogen (secondary N) is 1. The van der Waals surface area contributed by atoms with Gasteiger partial charge in [-0.15, -0.1) is 0 Å². The van der Waals surface area contributed by atoms with Gasteiger partial charge >= 0.3 is 6.09 Å². The molecule has 0 radical (unpaired) electrons. The first-order valence-corrected chi connectivity index (χ1v) is 7.33. The number of rotatable bonds is 5. The molecule has 0 aromatic carbocycles. The summed E-state index contributed by atoms with van der Waals surface area (Å²) in [7, 11) is 0. The fourth-order valence-corrected chi connectivity index (χ4v) is 2.51. The summed E-state index contributed by atoms with van der Waals surface area (Å²) < 4.78 is 7.16. The minimum absolute atomic E-state index is 0.181. The Morgan fingerprint density at radius 2 is 2.25 bits per heavy atom. The van der Waals surface area contributed by atoms with Crippen LogP contribution in [0.4, 0.5) is 4.79 Å². The van der Waals surface area contributed by atoms with Gasteiger partial charge in [0.05, 0.1) is 6.61 Å². The number of nitrogens with zero attached hydrogens (tertiary/aromatic N) is 3. The van der Waals surface area contributed by atoms with Crippen molar-refractivity contribution in [2.45, 2.75) is 39.3 Å². The monoisotopic (exact) mass is 280 g/mol. The average molecular weight is 280 g/mol. The summed E-state index contributed by atoms with van der Waals surface area (Å²) in [4.78, 5) is 17.6. The highest BCUT2D eigenvalue weighted by atomic mass is 16.6. The standard InChI is InChI=1S/C14H24N4O2/c1-3-20-14(19)18-8-4-13(5-9-18)16-7-11-17-10-6-15-12(17)2/h6,10,13,16H,3-5,7-9,11H2,1-2H3. The number of aromatic nitrogens is 2. The number of aryl methyl sites for hydroxylation is 1. The third-order valence-corrected chi connectivity index (χ3v) is 3.73. The molecule has 0 bridgehead atoms.